The Morgan fingerprint density at radius 3 is 2.65 bits per heavy atom. The Balaban J connectivity index is 2.72. The molecule has 0 aliphatic rings. The second-order valence-electron chi connectivity index (χ2n) is 4.12. The predicted molar refractivity (Wildman–Crippen MR) is 71.9 cm³/mol. The zero-order valence-electron chi connectivity index (χ0n) is 11.3. The highest BCUT2D eigenvalue weighted by atomic mass is 16.6. The number of nitro benzene ring substituents is 1. The van der Waals surface area contributed by atoms with Crippen LogP contribution in [0.1, 0.15) is 30.1 Å². The highest BCUT2D eigenvalue weighted by Crippen LogP contribution is 2.24. The molecule has 0 unspecified atom stereocenters. The number of nitrogens with one attached hydrogen (secondary N) is 1. The summed E-state index contributed by atoms with van der Waals surface area (Å²) in [4.78, 5) is 32.6. The van der Waals surface area contributed by atoms with Crippen LogP contribution < -0.4 is 10.1 Å². The average Bonchev–Trinajstić information content (AvgIpc) is 2.42. The maximum atomic E-state index is 11.5. The summed E-state index contributed by atoms with van der Waals surface area (Å²) in [6.45, 7) is 1.57. The third-order valence-corrected chi connectivity index (χ3v) is 2.64. The largest absolute Gasteiger partial charge is 0.493 e. The average molecular weight is 280 g/mol. The summed E-state index contributed by atoms with van der Waals surface area (Å²) in [5.41, 5.74) is 0.00653. The third kappa shape index (κ3) is 4.34. The van der Waals surface area contributed by atoms with Crippen LogP contribution >= 0.6 is 0 Å². The first kappa shape index (κ1) is 15.6. The number of ketones is 1. The van der Waals surface area contributed by atoms with Crippen LogP contribution in [0.4, 0.5) is 5.69 Å². The molecule has 1 N–H and O–H groups in total. The van der Waals surface area contributed by atoms with Gasteiger partial charge in [-0.2, -0.15) is 0 Å². The Labute approximate surface area is 116 Å². The van der Waals surface area contributed by atoms with Gasteiger partial charge in [-0.05, 0) is 19.4 Å². The van der Waals surface area contributed by atoms with Crippen LogP contribution in [0.5, 0.6) is 5.75 Å². The zero-order chi connectivity index (χ0) is 15.1. The van der Waals surface area contributed by atoms with E-state index in [9.17, 15) is 19.7 Å². The molecule has 20 heavy (non-hydrogen) atoms. The van der Waals surface area contributed by atoms with Crippen LogP contribution in [-0.4, -0.2) is 30.3 Å². The molecule has 0 bridgehead atoms. The van der Waals surface area contributed by atoms with E-state index in [1.807, 2.05) is 0 Å². The summed E-state index contributed by atoms with van der Waals surface area (Å²) >= 11 is 0. The molecule has 0 aliphatic heterocycles. The molecule has 0 fully saturated rings. The van der Waals surface area contributed by atoms with Crippen molar-refractivity contribution in [2.24, 2.45) is 0 Å². The molecule has 7 nitrogen and oxygen atoms in total. The monoisotopic (exact) mass is 280 g/mol. The van der Waals surface area contributed by atoms with Gasteiger partial charge in [0.25, 0.3) is 5.69 Å². The van der Waals surface area contributed by atoms with Gasteiger partial charge in [0.2, 0.25) is 5.91 Å². The number of ether oxygens (including phenoxy) is 1. The van der Waals surface area contributed by atoms with E-state index < -0.39 is 4.92 Å². The SMILES string of the molecule is CNC(=O)CCCOc1ccc([N+](=O)[O-])cc1C(C)=O. The summed E-state index contributed by atoms with van der Waals surface area (Å²) in [7, 11) is 1.55. The molecule has 1 rings (SSSR count). The van der Waals surface area contributed by atoms with Gasteiger partial charge >= 0.3 is 0 Å². The van der Waals surface area contributed by atoms with Crippen molar-refractivity contribution >= 4 is 17.4 Å². The molecule has 0 spiro atoms. The standard InChI is InChI=1S/C13H16N2O5/c1-9(16)11-8-10(15(18)19)5-6-12(11)20-7-3-4-13(17)14-2/h5-6,8H,3-4,7H2,1-2H3,(H,14,17). The van der Waals surface area contributed by atoms with E-state index in [4.69, 9.17) is 4.74 Å². The van der Waals surface area contributed by atoms with Crippen molar-refractivity contribution in [3.05, 3.63) is 33.9 Å². The van der Waals surface area contributed by atoms with Gasteiger partial charge in [-0.25, -0.2) is 0 Å². The van der Waals surface area contributed by atoms with Crippen molar-refractivity contribution < 1.29 is 19.2 Å². The van der Waals surface area contributed by atoms with E-state index in [-0.39, 0.29) is 29.5 Å². The quantitative estimate of drug-likeness (QED) is 0.355. The van der Waals surface area contributed by atoms with Crippen molar-refractivity contribution in [1.82, 2.24) is 5.32 Å². The number of nitro groups is 1. The fraction of sp³-hybridized carbons (Fsp3) is 0.385. The number of hydrogen-bond donors (Lipinski definition) is 1. The van der Waals surface area contributed by atoms with Crippen LogP contribution in [0.2, 0.25) is 0 Å². The maximum absolute atomic E-state index is 11.5. The smallest absolute Gasteiger partial charge is 0.270 e. The highest BCUT2D eigenvalue weighted by molar-refractivity contribution is 5.97. The second-order valence-corrected chi connectivity index (χ2v) is 4.12. The highest BCUT2D eigenvalue weighted by Gasteiger charge is 2.15. The van der Waals surface area contributed by atoms with Gasteiger partial charge in [-0.15, -0.1) is 0 Å². The first-order valence-corrected chi connectivity index (χ1v) is 6.08. The third-order valence-electron chi connectivity index (χ3n) is 2.64. The molecule has 108 valence electrons. The number of carbonyl (C=O) groups excluding carboxylic acids is 2. The van der Waals surface area contributed by atoms with Gasteiger partial charge in [0.15, 0.2) is 5.78 Å². The first-order valence-electron chi connectivity index (χ1n) is 6.08. The molecule has 0 atom stereocenters. The Kier molecular flexibility index (Phi) is 5.64. The van der Waals surface area contributed by atoms with E-state index in [2.05, 4.69) is 5.32 Å². The van der Waals surface area contributed by atoms with E-state index >= 15 is 0 Å². The number of rotatable bonds is 7. The lowest BCUT2D eigenvalue weighted by molar-refractivity contribution is -0.384. The summed E-state index contributed by atoms with van der Waals surface area (Å²) in [6.07, 6.45) is 0.812. The van der Waals surface area contributed by atoms with Crippen molar-refractivity contribution in [1.29, 1.82) is 0 Å². The summed E-state index contributed by atoms with van der Waals surface area (Å²) in [6, 6.07) is 3.87. The Morgan fingerprint density at radius 1 is 1.40 bits per heavy atom. The fourth-order valence-electron chi connectivity index (χ4n) is 1.57. The second kappa shape index (κ2) is 7.22. The van der Waals surface area contributed by atoms with Crippen LogP contribution in [0.3, 0.4) is 0 Å². The molecule has 0 saturated heterocycles. The van der Waals surface area contributed by atoms with Gasteiger partial charge in [0, 0.05) is 25.6 Å². The molecule has 1 amide bonds. The predicted octanol–water partition coefficient (Wildman–Crippen LogP) is 1.70. The lowest BCUT2D eigenvalue weighted by atomic mass is 10.1. The number of hydrogen-bond acceptors (Lipinski definition) is 5. The lowest BCUT2D eigenvalue weighted by Gasteiger charge is -2.09. The number of Topliss-reactive ketones (excluding diaryl/α,β-unsaturated/α-hetero) is 1. The first-order chi connectivity index (χ1) is 9.45. The van der Waals surface area contributed by atoms with Crippen LogP contribution in [0, 0.1) is 10.1 Å². The molecular weight excluding hydrogens is 264 g/mol. The Morgan fingerprint density at radius 2 is 2.10 bits per heavy atom. The van der Waals surface area contributed by atoms with Crippen molar-refractivity contribution in [2.45, 2.75) is 19.8 Å². The van der Waals surface area contributed by atoms with Crippen molar-refractivity contribution in [2.75, 3.05) is 13.7 Å². The Bertz CT molecular complexity index is 527. The maximum Gasteiger partial charge on any atom is 0.270 e. The summed E-state index contributed by atoms with van der Waals surface area (Å²) in [5.74, 6) is -0.112. The molecule has 0 heterocycles. The van der Waals surface area contributed by atoms with E-state index in [1.54, 1.807) is 7.05 Å². The van der Waals surface area contributed by atoms with E-state index in [0.717, 1.165) is 0 Å². The number of amides is 1. The minimum atomic E-state index is -0.568. The van der Waals surface area contributed by atoms with Gasteiger partial charge in [-0.1, -0.05) is 0 Å². The van der Waals surface area contributed by atoms with Crippen molar-refractivity contribution in [3.8, 4) is 5.75 Å². The lowest BCUT2D eigenvalue weighted by Crippen LogP contribution is -2.18. The summed E-state index contributed by atoms with van der Waals surface area (Å²) < 4.78 is 5.40. The Hall–Kier alpha value is -2.44. The number of nitrogens with zero attached hydrogens (tertiary/aromatic N) is 1. The number of non-ortho nitro benzene ring substituents is 1. The summed E-state index contributed by atoms with van der Waals surface area (Å²) in [5, 5.41) is 13.2. The molecule has 7 heteroatoms. The normalized spacial score (nSPS) is 9.90. The molecule has 0 aromatic heterocycles. The molecule has 1 aromatic carbocycles. The van der Waals surface area contributed by atoms with Crippen LogP contribution in [0.15, 0.2) is 18.2 Å². The van der Waals surface area contributed by atoms with E-state index in [0.29, 0.717) is 18.6 Å². The van der Waals surface area contributed by atoms with Crippen LogP contribution in [-0.2, 0) is 4.79 Å². The topological polar surface area (TPSA) is 98.5 Å². The van der Waals surface area contributed by atoms with Gasteiger partial charge in [-0.3, -0.25) is 19.7 Å². The molecule has 1 aromatic rings. The number of carbonyl (C=O) groups is 2. The molecule has 0 radical (unpaired) electrons. The molecule has 0 saturated carbocycles. The molecular formula is C13H16N2O5. The minimum Gasteiger partial charge on any atom is -0.493 e. The fourth-order valence-corrected chi connectivity index (χ4v) is 1.57. The van der Waals surface area contributed by atoms with Gasteiger partial charge < -0.3 is 10.1 Å². The minimum absolute atomic E-state index is 0.0934. The van der Waals surface area contributed by atoms with Gasteiger partial charge in [0.05, 0.1) is 17.1 Å². The van der Waals surface area contributed by atoms with E-state index in [1.165, 1.54) is 25.1 Å². The van der Waals surface area contributed by atoms with Crippen molar-refractivity contribution in [3.63, 3.8) is 0 Å². The zero-order valence-corrected chi connectivity index (χ0v) is 11.3. The molecule has 0 aliphatic carbocycles. The van der Waals surface area contributed by atoms with Gasteiger partial charge in [0.1, 0.15) is 5.75 Å². The van der Waals surface area contributed by atoms with Crippen LogP contribution in [0.25, 0.3) is 0 Å². The number of benzene rings is 1.